The smallest absolute Gasteiger partial charge is 0.339 e. The molecule has 0 saturated carbocycles. The Morgan fingerprint density at radius 3 is 2.50 bits per heavy atom. The number of nitrogens with zero attached hydrogens (tertiary/aromatic N) is 1. The summed E-state index contributed by atoms with van der Waals surface area (Å²) in [5.41, 5.74) is 3.72. The molecule has 0 bridgehead atoms. The Balaban J connectivity index is 3.04. The lowest BCUT2D eigenvalue weighted by Crippen LogP contribution is -2.33. The SMILES string of the molecule is CCN(CCCN)C(=O)c1ccc(F)c(C(F)(F)F)c1. The van der Waals surface area contributed by atoms with E-state index in [1.54, 1.807) is 6.92 Å². The zero-order valence-corrected chi connectivity index (χ0v) is 11.0. The van der Waals surface area contributed by atoms with Crippen LogP contribution in [0.1, 0.15) is 29.3 Å². The number of hydrogen-bond donors (Lipinski definition) is 1. The topological polar surface area (TPSA) is 46.3 Å². The number of rotatable bonds is 5. The van der Waals surface area contributed by atoms with E-state index in [1.165, 1.54) is 4.90 Å². The lowest BCUT2D eigenvalue weighted by atomic mass is 10.1. The third-order valence-corrected chi connectivity index (χ3v) is 2.82. The van der Waals surface area contributed by atoms with Gasteiger partial charge in [0.1, 0.15) is 5.82 Å². The highest BCUT2D eigenvalue weighted by atomic mass is 19.4. The van der Waals surface area contributed by atoms with E-state index in [4.69, 9.17) is 5.73 Å². The Kier molecular flexibility index (Phi) is 5.50. The standard InChI is InChI=1S/C13H16F4N2O/c1-2-19(7-3-6-18)12(20)9-4-5-11(14)10(8-9)13(15,16)17/h4-5,8H,2-3,6-7,18H2,1H3. The molecule has 1 rings (SSSR count). The number of alkyl halides is 3. The number of carbonyl (C=O) groups is 1. The van der Waals surface area contributed by atoms with Gasteiger partial charge in [-0.2, -0.15) is 13.2 Å². The average Bonchev–Trinajstić information content (AvgIpc) is 2.38. The molecule has 0 aliphatic heterocycles. The third kappa shape index (κ3) is 3.93. The van der Waals surface area contributed by atoms with Crippen LogP contribution in [0.4, 0.5) is 17.6 Å². The van der Waals surface area contributed by atoms with Crippen LogP contribution in [0.3, 0.4) is 0 Å². The van der Waals surface area contributed by atoms with Crippen molar-refractivity contribution in [1.29, 1.82) is 0 Å². The zero-order chi connectivity index (χ0) is 15.3. The van der Waals surface area contributed by atoms with E-state index in [0.29, 0.717) is 38.2 Å². The van der Waals surface area contributed by atoms with Gasteiger partial charge >= 0.3 is 6.18 Å². The lowest BCUT2D eigenvalue weighted by Gasteiger charge is -2.21. The van der Waals surface area contributed by atoms with Gasteiger partial charge in [-0.05, 0) is 38.1 Å². The molecule has 0 heterocycles. The Morgan fingerprint density at radius 2 is 2.00 bits per heavy atom. The van der Waals surface area contributed by atoms with Crippen LogP contribution in [0.2, 0.25) is 0 Å². The first-order valence-electron chi connectivity index (χ1n) is 6.17. The van der Waals surface area contributed by atoms with E-state index in [-0.39, 0.29) is 5.56 Å². The van der Waals surface area contributed by atoms with Gasteiger partial charge < -0.3 is 10.6 Å². The number of amides is 1. The van der Waals surface area contributed by atoms with Crippen molar-refractivity contribution in [2.24, 2.45) is 5.73 Å². The molecule has 112 valence electrons. The summed E-state index contributed by atoms with van der Waals surface area (Å²) in [7, 11) is 0. The highest BCUT2D eigenvalue weighted by Crippen LogP contribution is 2.32. The largest absolute Gasteiger partial charge is 0.419 e. The normalized spacial score (nSPS) is 11.5. The van der Waals surface area contributed by atoms with Crippen LogP contribution in [-0.4, -0.2) is 30.4 Å². The molecule has 1 aromatic rings. The van der Waals surface area contributed by atoms with Gasteiger partial charge in [0.05, 0.1) is 5.56 Å². The number of carbonyl (C=O) groups excluding carboxylic acids is 1. The first-order chi connectivity index (χ1) is 9.31. The van der Waals surface area contributed by atoms with E-state index in [9.17, 15) is 22.4 Å². The van der Waals surface area contributed by atoms with Crippen LogP contribution in [0.25, 0.3) is 0 Å². The van der Waals surface area contributed by atoms with Crippen molar-refractivity contribution in [3.8, 4) is 0 Å². The van der Waals surface area contributed by atoms with Crippen LogP contribution in [-0.2, 0) is 6.18 Å². The van der Waals surface area contributed by atoms with Crippen LogP contribution in [0.5, 0.6) is 0 Å². The van der Waals surface area contributed by atoms with E-state index < -0.39 is 23.5 Å². The minimum atomic E-state index is -4.82. The highest BCUT2D eigenvalue weighted by Gasteiger charge is 2.34. The van der Waals surface area contributed by atoms with Gasteiger partial charge in [0, 0.05) is 18.7 Å². The molecular formula is C13H16F4N2O. The maximum Gasteiger partial charge on any atom is 0.419 e. The first kappa shape index (κ1) is 16.4. The minimum Gasteiger partial charge on any atom is -0.339 e. The first-order valence-corrected chi connectivity index (χ1v) is 6.17. The summed E-state index contributed by atoms with van der Waals surface area (Å²) in [6.45, 7) is 2.78. The Hall–Kier alpha value is -1.63. The summed E-state index contributed by atoms with van der Waals surface area (Å²) in [5, 5.41) is 0. The molecule has 20 heavy (non-hydrogen) atoms. The number of halogens is 4. The van der Waals surface area contributed by atoms with Crippen molar-refractivity contribution in [1.82, 2.24) is 4.90 Å². The van der Waals surface area contributed by atoms with Crippen molar-refractivity contribution < 1.29 is 22.4 Å². The number of hydrogen-bond acceptors (Lipinski definition) is 2. The maximum atomic E-state index is 13.2. The zero-order valence-electron chi connectivity index (χ0n) is 11.0. The Bertz CT molecular complexity index is 474. The molecule has 0 unspecified atom stereocenters. The summed E-state index contributed by atoms with van der Waals surface area (Å²) >= 11 is 0. The van der Waals surface area contributed by atoms with Gasteiger partial charge in [0.25, 0.3) is 5.91 Å². The highest BCUT2D eigenvalue weighted by molar-refractivity contribution is 5.94. The van der Waals surface area contributed by atoms with Crippen LogP contribution >= 0.6 is 0 Å². The summed E-state index contributed by atoms with van der Waals surface area (Å²) in [5.74, 6) is -1.95. The summed E-state index contributed by atoms with van der Waals surface area (Å²) < 4.78 is 50.9. The molecule has 1 amide bonds. The van der Waals surface area contributed by atoms with Gasteiger partial charge in [-0.25, -0.2) is 4.39 Å². The minimum absolute atomic E-state index is 0.183. The molecule has 2 N–H and O–H groups in total. The maximum absolute atomic E-state index is 13.2. The second-order valence-corrected chi connectivity index (χ2v) is 4.22. The molecule has 7 heteroatoms. The van der Waals surface area contributed by atoms with E-state index in [1.807, 2.05) is 0 Å². The van der Waals surface area contributed by atoms with Crippen molar-refractivity contribution >= 4 is 5.91 Å². The fourth-order valence-electron chi connectivity index (χ4n) is 1.74. The molecule has 3 nitrogen and oxygen atoms in total. The van der Waals surface area contributed by atoms with Crippen molar-refractivity contribution in [2.75, 3.05) is 19.6 Å². The average molecular weight is 292 g/mol. The van der Waals surface area contributed by atoms with E-state index >= 15 is 0 Å². The van der Waals surface area contributed by atoms with Crippen molar-refractivity contribution in [2.45, 2.75) is 19.5 Å². The van der Waals surface area contributed by atoms with Gasteiger partial charge in [-0.1, -0.05) is 0 Å². The Morgan fingerprint density at radius 1 is 1.35 bits per heavy atom. The summed E-state index contributed by atoms with van der Waals surface area (Å²) in [6.07, 6.45) is -4.28. The van der Waals surface area contributed by atoms with Crippen molar-refractivity contribution in [3.05, 3.63) is 35.1 Å². The van der Waals surface area contributed by atoms with Gasteiger partial charge in [-0.3, -0.25) is 4.79 Å². The molecule has 0 radical (unpaired) electrons. The predicted molar refractivity (Wildman–Crippen MR) is 66.7 cm³/mol. The molecule has 1 aromatic carbocycles. The van der Waals surface area contributed by atoms with E-state index in [2.05, 4.69) is 0 Å². The molecule has 0 spiro atoms. The van der Waals surface area contributed by atoms with Gasteiger partial charge in [0.15, 0.2) is 0 Å². The number of nitrogens with two attached hydrogens (primary N) is 1. The molecule has 0 aliphatic rings. The molecule has 0 aliphatic carbocycles. The lowest BCUT2D eigenvalue weighted by molar-refractivity contribution is -0.140. The second-order valence-electron chi connectivity index (χ2n) is 4.22. The van der Waals surface area contributed by atoms with Crippen LogP contribution in [0.15, 0.2) is 18.2 Å². The molecule has 0 atom stereocenters. The predicted octanol–water partition coefficient (Wildman–Crippen LogP) is 2.66. The second kappa shape index (κ2) is 6.69. The third-order valence-electron chi connectivity index (χ3n) is 2.82. The molecule has 0 fully saturated rings. The summed E-state index contributed by atoms with van der Waals surface area (Å²) in [4.78, 5) is 13.4. The summed E-state index contributed by atoms with van der Waals surface area (Å²) in [6, 6.07) is 2.26. The van der Waals surface area contributed by atoms with Crippen molar-refractivity contribution in [3.63, 3.8) is 0 Å². The molecule has 0 saturated heterocycles. The quantitative estimate of drug-likeness (QED) is 0.848. The van der Waals surface area contributed by atoms with Gasteiger partial charge in [-0.15, -0.1) is 0 Å². The fraction of sp³-hybridized carbons (Fsp3) is 0.462. The van der Waals surface area contributed by atoms with E-state index in [0.717, 1.165) is 6.07 Å². The fourth-order valence-corrected chi connectivity index (χ4v) is 1.74. The van der Waals surface area contributed by atoms with Crippen LogP contribution in [0, 0.1) is 5.82 Å². The Labute approximate surface area is 114 Å². The molecular weight excluding hydrogens is 276 g/mol. The molecule has 0 aromatic heterocycles. The monoisotopic (exact) mass is 292 g/mol. The van der Waals surface area contributed by atoms with Crippen LogP contribution < -0.4 is 5.73 Å². The number of benzene rings is 1. The van der Waals surface area contributed by atoms with Gasteiger partial charge in [0.2, 0.25) is 0 Å².